The number of unbranched alkanes of at least 4 members (excludes halogenated alkanes) is 2. The molecular weight excluding hydrogens is 1010 g/mol. The lowest BCUT2D eigenvalue weighted by Gasteiger charge is -2.29. The predicted octanol–water partition coefficient (Wildman–Crippen LogP) is -1.88. The highest BCUT2D eigenvalue weighted by Gasteiger charge is 2.35. The quantitative estimate of drug-likeness (QED) is 0.0196. The van der Waals surface area contributed by atoms with Crippen LogP contribution in [0.2, 0.25) is 0 Å². The first kappa shape index (κ1) is 68.8. The average molecular weight is 1100 g/mol. The van der Waals surface area contributed by atoms with Gasteiger partial charge in [0.05, 0.1) is 12.6 Å². The van der Waals surface area contributed by atoms with E-state index in [0.29, 0.717) is 44.2 Å². The summed E-state index contributed by atoms with van der Waals surface area (Å²) in [5.74, 6) is -9.50. The van der Waals surface area contributed by atoms with Crippen molar-refractivity contribution in [3.8, 4) is 0 Å². The monoisotopic (exact) mass is 1100 g/mol. The van der Waals surface area contributed by atoms with Gasteiger partial charge in [0.15, 0.2) is 5.96 Å². The molecule has 0 unspecified atom stereocenters. The van der Waals surface area contributed by atoms with E-state index in [1.165, 1.54) is 20.8 Å². The topological polar surface area (TPSA) is 433 Å². The van der Waals surface area contributed by atoms with Crippen molar-refractivity contribution in [2.24, 2.45) is 39.8 Å². The van der Waals surface area contributed by atoms with Crippen LogP contribution in [0.3, 0.4) is 0 Å². The minimum absolute atomic E-state index is 0.000143. The van der Waals surface area contributed by atoms with Crippen LogP contribution in [0.15, 0.2) is 35.3 Å². The molecule has 0 saturated heterocycles. The number of amides is 9. The first-order chi connectivity index (χ1) is 36.7. The van der Waals surface area contributed by atoms with Crippen LogP contribution in [0.25, 0.3) is 0 Å². The summed E-state index contributed by atoms with van der Waals surface area (Å²) in [6.07, 6.45) is 2.17. The van der Waals surface area contributed by atoms with Crippen LogP contribution in [-0.4, -0.2) is 150 Å². The molecule has 0 bridgehead atoms. The maximum Gasteiger partial charge on any atom is 0.303 e. The lowest BCUT2D eigenvalue weighted by molar-refractivity contribution is -0.138. The molecule has 26 nitrogen and oxygen atoms in total. The number of ketones is 1. The number of Topliss-reactive ketones (excluding diaryl/α,β-unsaturated/α-hetero) is 1. The molecule has 0 aliphatic carbocycles. The SMILES string of the molecule is CCCC[C@H](NC(=O)[C@H](C)NC(=O)[C@H](CCC(=O)O)NC(=O)[C@H](Cc1ccccc1)NC(=O)[C@H](CC(C)C)NC(=O)[C@@H](NC(=O)[C@H](CCCN=C(N)N)NC(=O)[C@H](C)NC(=O)[C@@H](N)CCCCN)C(C)C)C(=O)NCC(C)=O. The minimum atomic E-state index is -1.55. The number of rotatable bonds is 38. The minimum Gasteiger partial charge on any atom is -0.481 e. The predicted molar refractivity (Wildman–Crippen MR) is 292 cm³/mol. The fourth-order valence-electron chi connectivity index (χ4n) is 7.68. The number of nitrogens with one attached hydrogen (secondary N) is 9. The van der Waals surface area contributed by atoms with Gasteiger partial charge in [0, 0.05) is 19.4 Å². The summed E-state index contributed by atoms with van der Waals surface area (Å²) < 4.78 is 0. The number of hydrogen-bond donors (Lipinski definition) is 14. The molecule has 1 aromatic rings. The third kappa shape index (κ3) is 27.7. The zero-order chi connectivity index (χ0) is 59.1. The number of guanidine groups is 1. The summed E-state index contributed by atoms with van der Waals surface area (Å²) in [6.45, 7) is 13.1. The molecule has 9 amide bonds. The molecule has 0 saturated carbocycles. The Morgan fingerprint density at radius 1 is 0.564 bits per heavy atom. The van der Waals surface area contributed by atoms with Crippen molar-refractivity contribution in [3.63, 3.8) is 0 Å². The van der Waals surface area contributed by atoms with Crippen LogP contribution in [-0.2, 0) is 59.2 Å². The van der Waals surface area contributed by atoms with E-state index in [1.807, 2.05) is 6.92 Å². The fourth-order valence-corrected chi connectivity index (χ4v) is 7.68. The second-order valence-electron chi connectivity index (χ2n) is 20.2. The van der Waals surface area contributed by atoms with Crippen molar-refractivity contribution in [2.75, 3.05) is 19.6 Å². The highest BCUT2D eigenvalue weighted by molar-refractivity contribution is 5.98. The number of carboxylic acids is 1. The number of nitrogens with two attached hydrogens (primary N) is 4. The molecular formula is C52H88N14O12. The van der Waals surface area contributed by atoms with E-state index in [0.717, 1.165) is 0 Å². The van der Waals surface area contributed by atoms with Gasteiger partial charge in [-0.05, 0) is 89.7 Å². The van der Waals surface area contributed by atoms with Gasteiger partial charge in [-0.3, -0.25) is 57.7 Å². The van der Waals surface area contributed by atoms with Crippen molar-refractivity contribution in [2.45, 2.75) is 187 Å². The van der Waals surface area contributed by atoms with Crippen molar-refractivity contribution in [1.29, 1.82) is 0 Å². The zero-order valence-corrected chi connectivity index (χ0v) is 46.5. The summed E-state index contributed by atoms with van der Waals surface area (Å²) in [5.41, 5.74) is 23.1. The molecule has 26 heteroatoms. The molecule has 18 N–H and O–H groups in total. The summed E-state index contributed by atoms with van der Waals surface area (Å²) in [4.78, 5) is 150. The highest BCUT2D eigenvalue weighted by Crippen LogP contribution is 2.13. The van der Waals surface area contributed by atoms with Gasteiger partial charge < -0.3 is 75.9 Å². The summed E-state index contributed by atoms with van der Waals surface area (Å²) in [5, 5.41) is 32.9. The molecule has 78 heavy (non-hydrogen) atoms. The Morgan fingerprint density at radius 2 is 1.06 bits per heavy atom. The first-order valence-corrected chi connectivity index (χ1v) is 26.7. The van der Waals surface area contributed by atoms with Gasteiger partial charge in [-0.25, -0.2) is 0 Å². The Kier molecular flexibility index (Phi) is 32.4. The van der Waals surface area contributed by atoms with Gasteiger partial charge in [0.1, 0.15) is 54.1 Å². The van der Waals surface area contributed by atoms with E-state index in [4.69, 9.17) is 22.9 Å². The maximum absolute atomic E-state index is 14.4. The molecule has 0 fully saturated rings. The van der Waals surface area contributed by atoms with E-state index < -0.39 is 132 Å². The van der Waals surface area contributed by atoms with Gasteiger partial charge in [-0.15, -0.1) is 0 Å². The molecule has 0 aliphatic heterocycles. The molecule has 0 aromatic heterocycles. The molecule has 0 spiro atoms. The number of carboxylic acid groups (broad SMARTS) is 1. The molecule has 0 aliphatic rings. The van der Waals surface area contributed by atoms with Gasteiger partial charge in [-0.2, -0.15) is 0 Å². The lowest BCUT2D eigenvalue weighted by Crippen LogP contribution is -2.61. The van der Waals surface area contributed by atoms with Gasteiger partial charge in [0.25, 0.3) is 0 Å². The van der Waals surface area contributed by atoms with E-state index in [2.05, 4.69) is 52.8 Å². The lowest BCUT2D eigenvalue weighted by atomic mass is 9.98. The number of nitrogens with zero attached hydrogens (tertiary/aromatic N) is 1. The van der Waals surface area contributed by atoms with Gasteiger partial charge in [-0.1, -0.05) is 84.2 Å². The van der Waals surface area contributed by atoms with Crippen LogP contribution in [0.5, 0.6) is 0 Å². The van der Waals surface area contributed by atoms with Crippen LogP contribution < -0.4 is 70.8 Å². The number of carbonyl (C=O) groups excluding carboxylic acids is 10. The second-order valence-corrected chi connectivity index (χ2v) is 20.2. The fraction of sp³-hybridized carbons (Fsp3) is 0.654. The Balaban J connectivity index is 3.47. The van der Waals surface area contributed by atoms with E-state index >= 15 is 0 Å². The first-order valence-electron chi connectivity index (χ1n) is 26.7. The largest absolute Gasteiger partial charge is 0.481 e. The van der Waals surface area contributed by atoms with Gasteiger partial charge >= 0.3 is 5.97 Å². The van der Waals surface area contributed by atoms with Crippen molar-refractivity contribution >= 4 is 70.9 Å². The molecule has 438 valence electrons. The molecule has 1 rings (SSSR count). The Hall–Kier alpha value is -7.22. The Labute approximate surface area is 457 Å². The Bertz CT molecular complexity index is 2180. The van der Waals surface area contributed by atoms with Crippen molar-refractivity contribution in [3.05, 3.63) is 35.9 Å². The number of aliphatic carboxylic acids is 1. The Morgan fingerprint density at radius 3 is 1.60 bits per heavy atom. The van der Waals surface area contributed by atoms with E-state index in [9.17, 15) is 57.8 Å². The van der Waals surface area contributed by atoms with Crippen molar-refractivity contribution in [1.82, 2.24) is 47.9 Å². The van der Waals surface area contributed by atoms with E-state index in [1.54, 1.807) is 58.0 Å². The number of benzene rings is 1. The normalized spacial score (nSPS) is 14.5. The third-order valence-corrected chi connectivity index (χ3v) is 12.2. The maximum atomic E-state index is 14.4. The second kappa shape index (κ2) is 36.7. The smallest absolute Gasteiger partial charge is 0.303 e. The molecule has 0 heterocycles. The number of carbonyl (C=O) groups is 11. The summed E-state index contributed by atoms with van der Waals surface area (Å²) >= 11 is 0. The zero-order valence-electron chi connectivity index (χ0n) is 46.5. The van der Waals surface area contributed by atoms with Crippen molar-refractivity contribution < 1.29 is 57.8 Å². The summed E-state index contributed by atoms with van der Waals surface area (Å²) in [7, 11) is 0. The molecule has 1 aromatic carbocycles. The standard InChI is InChI=1S/C52H88N14O12/c1-9-10-20-36(46(73)58-28-31(6)67)61-44(71)33(8)60-47(74)38(22-23-41(68)69)63-50(77)40(27-34-17-12-11-13-18-34)64-49(76)39(26-29(2)3)65-51(78)42(30(4)5)66-48(75)37(21-16-25-57-52(55)56)62-43(70)32(7)59-45(72)35(54)19-14-15-24-53/h11-13,17-18,29-30,32-33,35-40,42H,9-10,14-16,19-28,53-54H2,1-8H3,(H,58,73)(H,59,72)(H,60,74)(H,61,71)(H,62,70)(H,63,77)(H,64,76)(H,65,78)(H,66,75)(H,68,69)(H4,55,56,57)/t32-,33-,35-,36-,37-,38-,39-,40-,42-/m0/s1. The van der Waals surface area contributed by atoms with Gasteiger partial charge in [0.2, 0.25) is 53.2 Å². The van der Waals surface area contributed by atoms with Crippen LogP contribution in [0.1, 0.15) is 132 Å². The third-order valence-electron chi connectivity index (χ3n) is 12.2. The van der Waals surface area contributed by atoms with Crippen LogP contribution >= 0.6 is 0 Å². The summed E-state index contributed by atoms with van der Waals surface area (Å²) in [6, 6.07) is -2.67. The number of aliphatic imine (C=N–C) groups is 1. The van der Waals surface area contributed by atoms with E-state index in [-0.39, 0.29) is 62.9 Å². The highest BCUT2D eigenvalue weighted by atomic mass is 16.4. The number of hydrogen-bond acceptors (Lipinski definition) is 14. The molecule has 0 radical (unpaired) electrons. The van der Waals surface area contributed by atoms with Crippen LogP contribution in [0.4, 0.5) is 0 Å². The molecule has 9 atom stereocenters. The average Bonchev–Trinajstić information content (AvgIpc) is 3.37. The van der Waals surface area contributed by atoms with Crippen LogP contribution in [0, 0.1) is 11.8 Å².